The van der Waals surface area contributed by atoms with E-state index < -0.39 is 0 Å². The van der Waals surface area contributed by atoms with Crippen LogP contribution in [0.1, 0.15) is 44.3 Å². The van der Waals surface area contributed by atoms with Gasteiger partial charge in [-0.1, -0.05) is 25.0 Å². The molecule has 1 saturated carbocycles. The molecule has 3 atom stereocenters. The van der Waals surface area contributed by atoms with Crippen LogP contribution >= 0.6 is 0 Å². The van der Waals surface area contributed by atoms with Crippen molar-refractivity contribution in [1.29, 1.82) is 0 Å². The Morgan fingerprint density at radius 3 is 2.94 bits per heavy atom. The zero-order valence-corrected chi connectivity index (χ0v) is 10.9. The van der Waals surface area contributed by atoms with E-state index in [4.69, 9.17) is 10.5 Å². The molecule has 0 radical (unpaired) electrons. The molecule has 1 fully saturated rings. The van der Waals surface area contributed by atoms with Crippen LogP contribution in [0.4, 0.5) is 0 Å². The number of hydrogen-bond acceptors (Lipinski definition) is 4. The second kappa shape index (κ2) is 4.74. The first-order valence-electron chi connectivity index (χ1n) is 6.24. The van der Waals surface area contributed by atoms with Crippen LogP contribution in [0, 0.1) is 5.92 Å². The molecule has 5 nitrogen and oxygen atoms in total. The van der Waals surface area contributed by atoms with Crippen molar-refractivity contribution in [3.8, 4) is 0 Å². The third kappa shape index (κ3) is 2.21. The lowest BCUT2D eigenvalue weighted by Crippen LogP contribution is -2.47. The fraction of sp³-hybridized carbons (Fsp3) is 0.833. The second-order valence-corrected chi connectivity index (χ2v) is 5.23. The van der Waals surface area contributed by atoms with Crippen LogP contribution in [0.3, 0.4) is 0 Å². The van der Waals surface area contributed by atoms with E-state index in [0.29, 0.717) is 5.92 Å². The highest BCUT2D eigenvalue weighted by molar-refractivity contribution is 5.10. The second-order valence-electron chi connectivity index (χ2n) is 5.23. The minimum Gasteiger partial charge on any atom is -0.376 e. The smallest absolute Gasteiger partial charge is 0.0888 e. The molecule has 1 aliphatic rings. The highest BCUT2D eigenvalue weighted by Crippen LogP contribution is 2.41. The number of methoxy groups -OCH3 is 1. The van der Waals surface area contributed by atoms with Gasteiger partial charge in [-0.15, -0.1) is 5.10 Å². The van der Waals surface area contributed by atoms with Crippen LogP contribution in [0.15, 0.2) is 6.20 Å². The van der Waals surface area contributed by atoms with Crippen LogP contribution in [-0.4, -0.2) is 27.7 Å². The van der Waals surface area contributed by atoms with Crippen molar-refractivity contribution in [1.82, 2.24) is 15.0 Å². The van der Waals surface area contributed by atoms with Gasteiger partial charge in [0.25, 0.3) is 0 Å². The van der Waals surface area contributed by atoms with Gasteiger partial charge in [-0.05, 0) is 18.8 Å². The molecule has 1 aromatic heterocycles. The number of ether oxygens (including phenoxy) is 1. The van der Waals surface area contributed by atoms with E-state index in [-0.39, 0.29) is 11.6 Å². The summed E-state index contributed by atoms with van der Waals surface area (Å²) < 4.78 is 7.54. The Bertz CT molecular complexity index is 378. The van der Waals surface area contributed by atoms with Crippen LogP contribution in [-0.2, 0) is 11.8 Å². The van der Waals surface area contributed by atoms with Crippen LogP contribution in [0.25, 0.3) is 0 Å². The van der Waals surface area contributed by atoms with Crippen LogP contribution in [0.2, 0.25) is 0 Å². The molecular weight excluding hydrogens is 216 g/mol. The molecule has 1 aromatic rings. The molecule has 96 valence electrons. The summed E-state index contributed by atoms with van der Waals surface area (Å²) in [5.74, 6) is 0.663. The van der Waals surface area contributed by atoms with Gasteiger partial charge in [0.15, 0.2) is 0 Å². The summed E-state index contributed by atoms with van der Waals surface area (Å²) in [6.45, 7) is 2.27. The maximum Gasteiger partial charge on any atom is 0.0888 e. The molecule has 5 heteroatoms. The number of nitrogens with zero attached hydrogens (tertiary/aromatic N) is 3. The van der Waals surface area contributed by atoms with E-state index in [2.05, 4.69) is 17.2 Å². The van der Waals surface area contributed by atoms with E-state index in [1.165, 1.54) is 12.8 Å². The monoisotopic (exact) mass is 238 g/mol. The van der Waals surface area contributed by atoms with Gasteiger partial charge in [0.2, 0.25) is 0 Å². The van der Waals surface area contributed by atoms with Gasteiger partial charge in [0.05, 0.1) is 23.5 Å². The van der Waals surface area contributed by atoms with E-state index in [9.17, 15) is 0 Å². The SMILES string of the molecule is COC1(C(N)c2cnnn2C)CCCC(C)C1. The number of aromatic nitrogens is 3. The maximum absolute atomic E-state index is 6.40. The van der Waals surface area contributed by atoms with E-state index in [1.54, 1.807) is 18.0 Å². The Hall–Kier alpha value is -0.940. The predicted octanol–water partition coefficient (Wildman–Crippen LogP) is 1.41. The van der Waals surface area contributed by atoms with Crippen molar-refractivity contribution in [3.63, 3.8) is 0 Å². The molecule has 0 bridgehead atoms. The first-order valence-corrected chi connectivity index (χ1v) is 6.24. The summed E-state index contributed by atoms with van der Waals surface area (Å²) in [5.41, 5.74) is 7.09. The minimum absolute atomic E-state index is 0.157. The Morgan fingerprint density at radius 1 is 1.65 bits per heavy atom. The third-order valence-corrected chi connectivity index (χ3v) is 4.03. The lowest BCUT2D eigenvalue weighted by molar-refractivity contribution is -0.0733. The largest absolute Gasteiger partial charge is 0.376 e. The average molecular weight is 238 g/mol. The quantitative estimate of drug-likeness (QED) is 0.864. The molecule has 0 aromatic carbocycles. The van der Waals surface area contributed by atoms with Crippen molar-refractivity contribution in [2.24, 2.45) is 18.7 Å². The van der Waals surface area contributed by atoms with Crippen molar-refractivity contribution >= 4 is 0 Å². The molecule has 17 heavy (non-hydrogen) atoms. The summed E-state index contributed by atoms with van der Waals surface area (Å²) in [6.07, 6.45) is 6.20. The van der Waals surface area contributed by atoms with Crippen LogP contribution in [0.5, 0.6) is 0 Å². The molecule has 1 aliphatic carbocycles. The lowest BCUT2D eigenvalue weighted by atomic mass is 9.74. The van der Waals surface area contributed by atoms with Gasteiger partial charge >= 0.3 is 0 Å². The fourth-order valence-corrected chi connectivity index (χ4v) is 2.99. The first kappa shape index (κ1) is 12.5. The molecule has 0 saturated heterocycles. The average Bonchev–Trinajstić information content (AvgIpc) is 2.74. The fourth-order valence-electron chi connectivity index (χ4n) is 2.99. The summed E-state index contributed by atoms with van der Waals surface area (Å²) in [6, 6.07) is -0.157. The molecule has 0 spiro atoms. The Morgan fingerprint density at radius 2 is 2.41 bits per heavy atom. The summed E-state index contributed by atoms with van der Waals surface area (Å²) in [7, 11) is 3.64. The van der Waals surface area contributed by atoms with Crippen LogP contribution < -0.4 is 5.73 Å². The van der Waals surface area contributed by atoms with Gasteiger partial charge in [-0.3, -0.25) is 4.68 Å². The van der Waals surface area contributed by atoms with Gasteiger partial charge < -0.3 is 10.5 Å². The van der Waals surface area contributed by atoms with Gasteiger partial charge in [0, 0.05) is 14.2 Å². The van der Waals surface area contributed by atoms with E-state index in [1.807, 2.05) is 7.05 Å². The molecular formula is C12H22N4O. The van der Waals surface area contributed by atoms with E-state index in [0.717, 1.165) is 18.5 Å². The first-order chi connectivity index (χ1) is 8.09. The van der Waals surface area contributed by atoms with Gasteiger partial charge in [0.1, 0.15) is 0 Å². The lowest BCUT2D eigenvalue weighted by Gasteiger charge is -2.42. The Kier molecular flexibility index (Phi) is 3.49. The number of hydrogen-bond donors (Lipinski definition) is 1. The summed E-state index contributed by atoms with van der Waals surface area (Å²) in [4.78, 5) is 0. The number of nitrogens with two attached hydrogens (primary N) is 1. The molecule has 3 unspecified atom stereocenters. The number of aryl methyl sites for hydroxylation is 1. The zero-order valence-electron chi connectivity index (χ0n) is 10.9. The molecule has 2 rings (SSSR count). The van der Waals surface area contributed by atoms with Gasteiger partial charge in [-0.2, -0.15) is 0 Å². The summed E-state index contributed by atoms with van der Waals surface area (Å²) >= 11 is 0. The Balaban J connectivity index is 2.26. The predicted molar refractivity (Wildman–Crippen MR) is 65.3 cm³/mol. The Labute approximate surface area is 102 Å². The van der Waals surface area contributed by atoms with Crippen molar-refractivity contribution in [3.05, 3.63) is 11.9 Å². The topological polar surface area (TPSA) is 66.0 Å². The highest BCUT2D eigenvalue weighted by atomic mass is 16.5. The molecule has 0 amide bonds. The van der Waals surface area contributed by atoms with Gasteiger partial charge in [-0.25, -0.2) is 0 Å². The zero-order chi connectivity index (χ0) is 12.5. The van der Waals surface area contributed by atoms with Crippen molar-refractivity contribution < 1.29 is 4.74 Å². The standard InChI is InChI=1S/C12H22N4O/c1-9-5-4-6-12(7-9,17-3)11(13)10-8-14-15-16(10)2/h8-9,11H,4-7,13H2,1-3H3. The summed E-state index contributed by atoms with van der Waals surface area (Å²) in [5, 5.41) is 7.85. The normalized spacial score (nSPS) is 31.4. The van der Waals surface area contributed by atoms with Crippen molar-refractivity contribution in [2.75, 3.05) is 7.11 Å². The molecule has 0 aliphatic heterocycles. The number of rotatable bonds is 3. The van der Waals surface area contributed by atoms with E-state index >= 15 is 0 Å². The minimum atomic E-state index is -0.257. The van der Waals surface area contributed by atoms with Crippen molar-refractivity contribution in [2.45, 2.75) is 44.2 Å². The third-order valence-electron chi connectivity index (χ3n) is 4.03. The highest BCUT2D eigenvalue weighted by Gasteiger charge is 2.42. The molecule has 2 N–H and O–H groups in total. The molecule has 1 heterocycles. The maximum atomic E-state index is 6.40.